The fourth-order valence-corrected chi connectivity index (χ4v) is 2.26. The molecule has 0 saturated carbocycles. The largest absolute Gasteiger partial charge is 0.434 e. The van der Waals surface area contributed by atoms with Gasteiger partial charge in [-0.05, 0) is 18.4 Å². The molecule has 1 nitrogen and oxygen atoms in total. The summed E-state index contributed by atoms with van der Waals surface area (Å²) in [4.78, 5) is 3.46. The van der Waals surface area contributed by atoms with E-state index >= 15 is 0 Å². The van der Waals surface area contributed by atoms with E-state index in [9.17, 15) is 13.2 Å². The Morgan fingerprint density at radius 2 is 2.08 bits per heavy atom. The van der Waals surface area contributed by atoms with Gasteiger partial charge in [0.15, 0.2) is 5.69 Å². The predicted molar refractivity (Wildman–Crippen MR) is 48.6 cm³/mol. The Morgan fingerprint density at radius 3 is 2.62 bits per heavy atom. The number of nitrogens with zero attached hydrogens (tertiary/aromatic N) is 1. The van der Waals surface area contributed by atoms with Gasteiger partial charge in [0.1, 0.15) is 0 Å². The molecule has 72 valence electrons. The number of alkyl halides is 3. The monoisotopic (exact) mass is 225 g/mol. The average Bonchev–Trinajstić information content (AvgIpc) is 2.04. The lowest BCUT2D eigenvalue weighted by Gasteiger charge is -2.08. The normalized spacial score (nSPS) is 11.7. The van der Waals surface area contributed by atoms with Crippen molar-refractivity contribution in [2.45, 2.75) is 11.1 Å². The van der Waals surface area contributed by atoms with Crippen LogP contribution in [0.5, 0.6) is 0 Å². The molecule has 6 heteroatoms. The molecular weight excluding hydrogens is 219 g/mol. The van der Waals surface area contributed by atoms with Crippen LogP contribution < -0.4 is 0 Å². The van der Waals surface area contributed by atoms with E-state index in [4.69, 9.17) is 0 Å². The Bertz CT molecular complexity index is 287. The van der Waals surface area contributed by atoms with Crippen molar-refractivity contribution in [1.82, 2.24) is 4.98 Å². The van der Waals surface area contributed by atoms with Crippen molar-refractivity contribution in [2.75, 3.05) is 6.26 Å². The molecule has 0 aliphatic heterocycles. The smallest absolute Gasteiger partial charge is 0.251 e. The topological polar surface area (TPSA) is 12.9 Å². The Hall–Kier alpha value is -0.360. The molecule has 1 aromatic heterocycles. The van der Waals surface area contributed by atoms with Gasteiger partial charge < -0.3 is 0 Å². The quantitative estimate of drug-likeness (QED) is 0.715. The van der Waals surface area contributed by atoms with Crippen molar-refractivity contribution in [3.05, 3.63) is 24.0 Å². The molecule has 0 aliphatic rings. The summed E-state index contributed by atoms with van der Waals surface area (Å²) >= 11 is 0. The second-order valence-electron chi connectivity index (χ2n) is 2.10. The minimum atomic E-state index is -4.36. The second-order valence-corrected chi connectivity index (χ2v) is 4.54. The van der Waals surface area contributed by atoms with Crippen LogP contribution >= 0.6 is 21.6 Å². The Labute approximate surface area is 81.5 Å². The zero-order valence-corrected chi connectivity index (χ0v) is 8.26. The zero-order valence-electron chi connectivity index (χ0n) is 6.63. The van der Waals surface area contributed by atoms with Gasteiger partial charge in [0.25, 0.3) is 0 Å². The van der Waals surface area contributed by atoms with Gasteiger partial charge in [0.05, 0.1) is 0 Å². The highest BCUT2D eigenvalue weighted by atomic mass is 33.1. The van der Waals surface area contributed by atoms with Crippen LogP contribution in [0.2, 0.25) is 0 Å². The second kappa shape index (κ2) is 4.23. The standard InChI is InChI=1S/C7H6F3NS2/c1-12-13-5-3-2-4-11-6(5)7(8,9)10/h2-4H,1H3. The molecule has 1 aromatic rings. The highest BCUT2D eigenvalue weighted by molar-refractivity contribution is 8.76. The molecule has 0 radical (unpaired) electrons. The van der Waals surface area contributed by atoms with E-state index < -0.39 is 11.9 Å². The number of pyridine rings is 1. The van der Waals surface area contributed by atoms with Gasteiger partial charge in [0, 0.05) is 11.1 Å². The third kappa shape index (κ3) is 2.80. The van der Waals surface area contributed by atoms with E-state index in [-0.39, 0.29) is 4.90 Å². The first kappa shape index (κ1) is 10.7. The van der Waals surface area contributed by atoms with Gasteiger partial charge in [0.2, 0.25) is 0 Å². The molecule has 0 spiro atoms. The van der Waals surface area contributed by atoms with Crippen molar-refractivity contribution in [2.24, 2.45) is 0 Å². The van der Waals surface area contributed by atoms with Gasteiger partial charge in [-0.1, -0.05) is 21.6 Å². The highest BCUT2D eigenvalue weighted by Crippen LogP contribution is 2.38. The summed E-state index contributed by atoms with van der Waals surface area (Å²) in [5, 5.41) is 0. The van der Waals surface area contributed by atoms with Crippen LogP contribution in [0.3, 0.4) is 0 Å². The lowest BCUT2D eigenvalue weighted by Crippen LogP contribution is -2.08. The number of halogens is 3. The van der Waals surface area contributed by atoms with Crippen LogP contribution in [0.25, 0.3) is 0 Å². The van der Waals surface area contributed by atoms with Crippen LogP contribution in [0, 0.1) is 0 Å². The van der Waals surface area contributed by atoms with E-state index in [0.717, 1.165) is 17.0 Å². The molecule has 0 fully saturated rings. The molecule has 0 saturated heterocycles. The fourth-order valence-electron chi connectivity index (χ4n) is 0.760. The summed E-state index contributed by atoms with van der Waals surface area (Å²) < 4.78 is 36.9. The van der Waals surface area contributed by atoms with Gasteiger partial charge in [-0.25, -0.2) is 0 Å². The molecule has 0 amide bonds. The first-order valence-corrected chi connectivity index (χ1v) is 5.84. The van der Waals surface area contributed by atoms with E-state index in [2.05, 4.69) is 4.98 Å². The molecule has 0 bridgehead atoms. The van der Waals surface area contributed by atoms with E-state index in [1.165, 1.54) is 22.9 Å². The van der Waals surface area contributed by atoms with Crippen LogP contribution in [0.1, 0.15) is 5.69 Å². The molecule has 0 atom stereocenters. The lowest BCUT2D eigenvalue weighted by molar-refractivity contribution is -0.143. The zero-order chi connectivity index (χ0) is 9.90. The van der Waals surface area contributed by atoms with Gasteiger partial charge in [-0.15, -0.1) is 0 Å². The minimum absolute atomic E-state index is 0.155. The predicted octanol–water partition coefficient (Wildman–Crippen LogP) is 3.47. The van der Waals surface area contributed by atoms with Crippen molar-refractivity contribution in [3.8, 4) is 0 Å². The summed E-state index contributed by atoms with van der Waals surface area (Å²) in [7, 11) is 2.32. The lowest BCUT2D eigenvalue weighted by atomic mass is 10.3. The number of rotatable bonds is 2. The van der Waals surface area contributed by atoms with Crippen LogP contribution in [-0.2, 0) is 6.18 Å². The minimum Gasteiger partial charge on any atom is -0.251 e. The molecule has 0 N–H and O–H groups in total. The van der Waals surface area contributed by atoms with Crippen molar-refractivity contribution in [3.63, 3.8) is 0 Å². The molecular formula is C7H6F3NS2. The third-order valence-electron chi connectivity index (χ3n) is 1.21. The fraction of sp³-hybridized carbons (Fsp3) is 0.286. The van der Waals surface area contributed by atoms with Gasteiger partial charge in [-0.3, -0.25) is 4.98 Å². The third-order valence-corrected chi connectivity index (χ3v) is 2.93. The van der Waals surface area contributed by atoms with Gasteiger partial charge in [-0.2, -0.15) is 13.2 Å². The molecule has 1 rings (SSSR count). The summed E-state index contributed by atoms with van der Waals surface area (Å²) in [5.41, 5.74) is -0.811. The number of aromatic nitrogens is 1. The Balaban J connectivity index is 3.05. The molecule has 13 heavy (non-hydrogen) atoms. The maximum atomic E-state index is 12.3. The van der Waals surface area contributed by atoms with Crippen LogP contribution in [0.15, 0.2) is 23.2 Å². The average molecular weight is 225 g/mol. The van der Waals surface area contributed by atoms with Crippen molar-refractivity contribution < 1.29 is 13.2 Å². The van der Waals surface area contributed by atoms with Gasteiger partial charge >= 0.3 is 6.18 Å². The van der Waals surface area contributed by atoms with E-state index in [0.29, 0.717) is 0 Å². The van der Waals surface area contributed by atoms with E-state index in [1.807, 2.05) is 0 Å². The van der Waals surface area contributed by atoms with Crippen molar-refractivity contribution >= 4 is 21.6 Å². The number of hydrogen-bond donors (Lipinski definition) is 0. The summed E-state index contributed by atoms with van der Waals surface area (Å²) in [6.07, 6.45) is -1.50. The first-order chi connectivity index (χ1) is 6.05. The molecule has 0 unspecified atom stereocenters. The summed E-state index contributed by atoms with van der Waals surface area (Å²) in [6.45, 7) is 0. The highest BCUT2D eigenvalue weighted by Gasteiger charge is 2.35. The Morgan fingerprint density at radius 1 is 1.38 bits per heavy atom. The van der Waals surface area contributed by atoms with E-state index in [1.54, 1.807) is 6.26 Å². The maximum absolute atomic E-state index is 12.3. The number of hydrogen-bond acceptors (Lipinski definition) is 3. The van der Waals surface area contributed by atoms with Crippen LogP contribution in [0.4, 0.5) is 13.2 Å². The van der Waals surface area contributed by atoms with Crippen molar-refractivity contribution in [1.29, 1.82) is 0 Å². The molecule has 0 aliphatic carbocycles. The Kier molecular flexibility index (Phi) is 3.49. The summed E-state index contributed by atoms with van der Waals surface area (Å²) in [5.74, 6) is 0. The summed E-state index contributed by atoms with van der Waals surface area (Å²) in [6, 6.07) is 2.91. The first-order valence-electron chi connectivity index (χ1n) is 3.28. The van der Waals surface area contributed by atoms with Crippen LogP contribution in [-0.4, -0.2) is 11.2 Å². The SMILES string of the molecule is CSSc1cccnc1C(F)(F)F. The molecule has 0 aromatic carbocycles. The maximum Gasteiger partial charge on any atom is 0.434 e. The molecule has 1 heterocycles.